The van der Waals surface area contributed by atoms with Crippen LogP contribution in [0.15, 0.2) is 23.7 Å². The molecule has 94 valence electrons. The van der Waals surface area contributed by atoms with Gasteiger partial charge in [-0.25, -0.2) is 9.97 Å². The van der Waals surface area contributed by atoms with Crippen LogP contribution in [0.5, 0.6) is 0 Å². The van der Waals surface area contributed by atoms with Crippen molar-refractivity contribution in [3.05, 3.63) is 44.6 Å². The fraction of sp³-hybridized carbons (Fsp3) is 0.182. The molecule has 0 aromatic carbocycles. The predicted octanol–water partition coefficient (Wildman–Crippen LogP) is 2.82. The van der Waals surface area contributed by atoms with Gasteiger partial charge in [-0.1, -0.05) is 23.2 Å². The zero-order valence-corrected chi connectivity index (χ0v) is 11.5. The van der Waals surface area contributed by atoms with Crippen LogP contribution in [0, 0.1) is 0 Å². The van der Waals surface area contributed by atoms with E-state index in [0.29, 0.717) is 13.0 Å². The van der Waals surface area contributed by atoms with Crippen LogP contribution >= 0.6 is 34.5 Å². The third-order valence-electron chi connectivity index (χ3n) is 2.13. The van der Waals surface area contributed by atoms with Gasteiger partial charge in [0.25, 0.3) is 5.91 Å². The number of carbonyl (C=O) groups is 1. The Morgan fingerprint density at radius 3 is 2.94 bits per heavy atom. The van der Waals surface area contributed by atoms with E-state index in [-0.39, 0.29) is 21.8 Å². The Morgan fingerprint density at radius 1 is 1.39 bits per heavy atom. The van der Waals surface area contributed by atoms with Gasteiger partial charge in [-0.05, 0) is 12.1 Å². The average molecular weight is 302 g/mol. The first-order valence-corrected chi connectivity index (χ1v) is 6.79. The van der Waals surface area contributed by atoms with Crippen molar-refractivity contribution >= 4 is 40.4 Å². The van der Waals surface area contributed by atoms with Gasteiger partial charge in [-0.3, -0.25) is 4.79 Å². The average Bonchev–Trinajstić information content (AvgIpc) is 2.85. The van der Waals surface area contributed by atoms with Crippen molar-refractivity contribution in [1.82, 2.24) is 15.3 Å². The molecule has 0 bridgehead atoms. The van der Waals surface area contributed by atoms with Gasteiger partial charge in [0.05, 0.1) is 10.0 Å². The summed E-state index contributed by atoms with van der Waals surface area (Å²) in [5, 5.41) is 6.12. The number of hydrogen-bond donors (Lipinski definition) is 1. The quantitative estimate of drug-likeness (QED) is 0.884. The van der Waals surface area contributed by atoms with Crippen LogP contribution in [0.3, 0.4) is 0 Å². The van der Waals surface area contributed by atoms with Crippen LogP contribution in [-0.4, -0.2) is 22.4 Å². The van der Waals surface area contributed by atoms with E-state index in [1.165, 1.54) is 6.07 Å². The molecule has 1 amide bonds. The highest BCUT2D eigenvalue weighted by molar-refractivity contribution is 7.09. The van der Waals surface area contributed by atoms with E-state index >= 15 is 0 Å². The number of thiazole rings is 1. The smallest absolute Gasteiger partial charge is 0.271 e. The summed E-state index contributed by atoms with van der Waals surface area (Å²) in [7, 11) is 0. The van der Waals surface area contributed by atoms with Gasteiger partial charge in [0.2, 0.25) is 0 Å². The van der Waals surface area contributed by atoms with Gasteiger partial charge in [-0.2, -0.15) is 0 Å². The van der Waals surface area contributed by atoms with Crippen molar-refractivity contribution < 1.29 is 4.79 Å². The molecule has 0 saturated carbocycles. The fourth-order valence-corrected chi connectivity index (χ4v) is 2.28. The van der Waals surface area contributed by atoms with Crippen molar-refractivity contribution in [3.63, 3.8) is 0 Å². The van der Waals surface area contributed by atoms with Gasteiger partial charge >= 0.3 is 0 Å². The third-order valence-corrected chi connectivity index (χ3v) is 3.49. The number of hydrogen-bond acceptors (Lipinski definition) is 4. The molecule has 18 heavy (non-hydrogen) atoms. The fourth-order valence-electron chi connectivity index (χ4n) is 1.32. The minimum absolute atomic E-state index is 0.142. The van der Waals surface area contributed by atoms with Crippen molar-refractivity contribution in [2.24, 2.45) is 0 Å². The van der Waals surface area contributed by atoms with E-state index in [9.17, 15) is 4.79 Å². The minimum atomic E-state index is -0.334. The molecule has 2 aromatic heterocycles. The number of pyridine rings is 1. The van der Waals surface area contributed by atoms with Crippen molar-refractivity contribution in [2.75, 3.05) is 6.54 Å². The summed E-state index contributed by atoms with van der Waals surface area (Å²) in [5.41, 5.74) is 0.142. The van der Waals surface area contributed by atoms with E-state index in [2.05, 4.69) is 15.3 Å². The molecule has 4 nitrogen and oxygen atoms in total. The molecule has 0 spiro atoms. The number of nitrogens with one attached hydrogen (secondary N) is 1. The molecule has 0 aliphatic heterocycles. The first-order chi connectivity index (χ1) is 8.66. The minimum Gasteiger partial charge on any atom is -0.350 e. The second-order valence-corrected chi connectivity index (χ2v) is 5.17. The summed E-state index contributed by atoms with van der Waals surface area (Å²) in [5.74, 6) is -0.334. The zero-order valence-electron chi connectivity index (χ0n) is 9.19. The van der Waals surface area contributed by atoms with Crippen LogP contribution in [0.2, 0.25) is 10.2 Å². The maximum absolute atomic E-state index is 11.8. The molecule has 0 radical (unpaired) electrons. The number of carbonyl (C=O) groups excluding carboxylic acids is 1. The second-order valence-electron chi connectivity index (χ2n) is 3.40. The topological polar surface area (TPSA) is 54.9 Å². The van der Waals surface area contributed by atoms with E-state index in [1.807, 2.05) is 5.38 Å². The van der Waals surface area contributed by atoms with E-state index in [4.69, 9.17) is 23.2 Å². The maximum Gasteiger partial charge on any atom is 0.271 e. The lowest BCUT2D eigenvalue weighted by molar-refractivity contribution is 0.0949. The Morgan fingerprint density at radius 2 is 2.22 bits per heavy atom. The van der Waals surface area contributed by atoms with Crippen LogP contribution in [-0.2, 0) is 6.42 Å². The van der Waals surface area contributed by atoms with E-state index < -0.39 is 0 Å². The summed E-state index contributed by atoms with van der Waals surface area (Å²) >= 11 is 13.1. The Hall–Kier alpha value is -1.17. The molecule has 0 unspecified atom stereocenters. The van der Waals surface area contributed by atoms with Gasteiger partial charge in [0.1, 0.15) is 10.8 Å². The van der Waals surface area contributed by atoms with Crippen molar-refractivity contribution in [2.45, 2.75) is 6.42 Å². The zero-order chi connectivity index (χ0) is 13.0. The van der Waals surface area contributed by atoms with Crippen molar-refractivity contribution in [1.29, 1.82) is 0 Å². The Labute approximate surface area is 118 Å². The number of halogens is 2. The molecule has 7 heteroatoms. The summed E-state index contributed by atoms with van der Waals surface area (Å²) in [6, 6.07) is 3.09. The predicted molar refractivity (Wildman–Crippen MR) is 72.4 cm³/mol. The number of aromatic nitrogens is 2. The lowest BCUT2D eigenvalue weighted by Crippen LogP contribution is -2.26. The molecule has 0 saturated heterocycles. The summed E-state index contributed by atoms with van der Waals surface area (Å²) in [6.45, 7) is 0.483. The monoisotopic (exact) mass is 301 g/mol. The van der Waals surface area contributed by atoms with Crippen LogP contribution in [0.4, 0.5) is 0 Å². The molecule has 0 fully saturated rings. The highest BCUT2D eigenvalue weighted by Gasteiger charge is 2.12. The first kappa shape index (κ1) is 13.3. The molecule has 0 aliphatic rings. The summed E-state index contributed by atoms with van der Waals surface area (Å²) in [4.78, 5) is 19.8. The summed E-state index contributed by atoms with van der Waals surface area (Å²) in [6.07, 6.45) is 2.42. The molecular weight excluding hydrogens is 293 g/mol. The largest absolute Gasteiger partial charge is 0.350 e. The van der Waals surface area contributed by atoms with E-state index in [0.717, 1.165) is 5.01 Å². The molecule has 1 N–H and O–H groups in total. The number of rotatable bonds is 4. The third kappa shape index (κ3) is 3.41. The van der Waals surface area contributed by atoms with Crippen LogP contribution in [0.25, 0.3) is 0 Å². The second kappa shape index (κ2) is 6.13. The summed E-state index contributed by atoms with van der Waals surface area (Å²) < 4.78 is 0. The Kier molecular flexibility index (Phi) is 4.52. The normalized spacial score (nSPS) is 10.3. The van der Waals surface area contributed by atoms with Gasteiger partial charge in [0.15, 0.2) is 0 Å². The number of amides is 1. The van der Waals surface area contributed by atoms with E-state index in [1.54, 1.807) is 23.6 Å². The maximum atomic E-state index is 11.8. The molecule has 2 aromatic rings. The lowest BCUT2D eigenvalue weighted by Gasteiger charge is -2.05. The molecule has 2 heterocycles. The van der Waals surface area contributed by atoms with Gasteiger partial charge < -0.3 is 5.32 Å². The Bertz CT molecular complexity index is 545. The van der Waals surface area contributed by atoms with Gasteiger partial charge in [0, 0.05) is 24.5 Å². The van der Waals surface area contributed by atoms with Crippen molar-refractivity contribution in [3.8, 4) is 0 Å². The Balaban J connectivity index is 1.93. The highest BCUT2D eigenvalue weighted by atomic mass is 35.5. The number of nitrogens with zero attached hydrogens (tertiary/aromatic N) is 2. The van der Waals surface area contributed by atoms with Crippen LogP contribution < -0.4 is 5.32 Å². The SMILES string of the molecule is O=C(NCCc1nccs1)c1nc(Cl)ccc1Cl. The molecule has 2 rings (SSSR count). The standard InChI is InChI=1S/C11H9Cl2N3OS/c12-7-1-2-8(13)16-10(7)11(17)15-4-3-9-14-5-6-18-9/h1-2,5-6H,3-4H2,(H,15,17). The highest BCUT2D eigenvalue weighted by Crippen LogP contribution is 2.16. The van der Waals surface area contributed by atoms with Gasteiger partial charge in [-0.15, -0.1) is 11.3 Å². The molecule has 0 atom stereocenters. The van der Waals surface area contributed by atoms with Crippen LogP contribution in [0.1, 0.15) is 15.5 Å². The lowest BCUT2D eigenvalue weighted by atomic mass is 10.3. The first-order valence-electron chi connectivity index (χ1n) is 5.15. The molecular formula is C11H9Cl2N3OS. The molecule has 0 aliphatic carbocycles.